The first-order valence-electron chi connectivity index (χ1n) is 6.38. The lowest BCUT2D eigenvalue weighted by atomic mass is 10.1. The van der Waals surface area contributed by atoms with E-state index in [1.54, 1.807) is 30.2 Å². The fourth-order valence-corrected chi connectivity index (χ4v) is 2.24. The minimum atomic E-state index is -0.138. The van der Waals surface area contributed by atoms with Crippen LogP contribution in [0.25, 0.3) is 0 Å². The first-order chi connectivity index (χ1) is 9.11. The summed E-state index contributed by atoms with van der Waals surface area (Å²) in [6.45, 7) is 2.15. The Hall–Kier alpha value is -2.04. The molecule has 1 aromatic carbocycles. The van der Waals surface area contributed by atoms with Crippen LogP contribution in [0.1, 0.15) is 26.2 Å². The summed E-state index contributed by atoms with van der Waals surface area (Å²) >= 11 is 0. The Morgan fingerprint density at radius 1 is 1.37 bits per heavy atom. The summed E-state index contributed by atoms with van der Waals surface area (Å²) in [6, 6.07) is 5.31. The third-order valence-electron chi connectivity index (χ3n) is 3.11. The van der Waals surface area contributed by atoms with Crippen LogP contribution in [0.2, 0.25) is 0 Å². The van der Waals surface area contributed by atoms with Crippen molar-refractivity contribution >= 4 is 23.2 Å². The van der Waals surface area contributed by atoms with Gasteiger partial charge in [0.05, 0.1) is 12.8 Å². The number of anilines is 2. The first-order valence-corrected chi connectivity index (χ1v) is 6.38. The van der Waals surface area contributed by atoms with Crippen molar-refractivity contribution in [3.63, 3.8) is 0 Å². The van der Waals surface area contributed by atoms with Crippen molar-refractivity contribution in [1.82, 2.24) is 0 Å². The summed E-state index contributed by atoms with van der Waals surface area (Å²) in [6.07, 6.45) is 2.48. The number of nitrogens with zero attached hydrogens (tertiary/aromatic N) is 1. The summed E-state index contributed by atoms with van der Waals surface area (Å²) in [5.41, 5.74) is 1.39. The van der Waals surface area contributed by atoms with Crippen LogP contribution in [0.3, 0.4) is 0 Å². The van der Waals surface area contributed by atoms with Gasteiger partial charge in [-0.15, -0.1) is 0 Å². The van der Waals surface area contributed by atoms with Gasteiger partial charge in [0.2, 0.25) is 11.8 Å². The van der Waals surface area contributed by atoms with E-state index in [4.69, 9.17) is 4.74 Å². The average molecular weight is 262 g/mol. The molecule has 1 N–H and O–H groups in total. The molecule has 1 aliphatic rings. The first kappa shape index (κ1) is 13.4. The number of piperidine rings is 1. The second kappa shape index (κ2) is 5.73. The van der Waals surface area contributed by atoms with Crippen molar-refractivity contribution in [2.45, 2.75) is 26.2 Å². The van der Waals surface area contributed by atoms with Crippen LogP contribution in [0.4, 0.5) is 11.4 Å². The van der Waals surface area contributed by atoms with Gasteiger partial charge in [-0.05, 0) is 31.0 Å². The number of rotatable bonds is 3. The van der Waals surface area contributed by atoms with Crippen LogP contribution >= 0.6 is 0 Å². The van der Waals surface area contributed by atoms with Crippen LogP contribution in [0.15, 0.2) is 18.2 Å². The van der Waals surface area contributed by atoms with Gasteiger partial charge >= 0.3 is 0 Å². The molecule has 2 rings (SSSR count). The van der Waals surface area contributed by atoms with Gasteiger partial charge in [-0.25, -0.2) is 0 Å². The lowest BCUT2D eigenvalue weighted by Crippen LogP contribution is -2.35. The number of carbonyl (C=O) groups is 2. The van der Waals surface area contributed by atoms with Crippen LogP contribution < -0.4 is 15.0 Å². The molecule has 0 spiro atoms. The SMILES string of the molecule is COc1ccc(NC(C)=O)cc1N1CCCCC1=O. The maximum absolute atomic E-state index is 12.0. The molecule has 1 fully saturated rings. The van der Waals surface area contributed by atoms with Crippen molar-refractivity contribution in [2.75, 3.05) is 23.9 Å². The van der Waals surface area contributed by atoms with E-state index in [2.05, 4.69) is 5.32 Å². The highest BCUT2D eigenvalue weighted by Gasteiger charge is 2.22. The maximum Gasteiger partial charge on any atom is 0.227 e. The zero-order valence-corrected chi connectivity index (χ0v) is 11.2. The molecule has 0 aromatic heterocycles. The van der Waals surface area contributed by atoms with Gasteiger partial charge in [-0.1, -0.05) is 0 Å². The fourth-order valence-electron chi connectivity index (χ4n) is 2.24. The molecular weight excluding hydrogens is 244 g/mol. The van der Waals surface area contributed by atoms with Crippen molar-refractivity contribution in [3.8, 4) is 5.75 Å². The summed E-state index contributed by atoms with van der Waals surface area (Å²) in [5.74, 6) is 0.606. The number of amides is 2. The van der Waals surface area contributed by atoms with Gasteiger partial charge in [0.25, 0.3) is 0 Å². The second-order valence-corrected chi connectivity index (χ2v) is 4.57. The highest BCUT2D eigenvalue weighted by Crippen LogP contribution is 2.33. The van der Waals surface area contributed by atoms with Gasteiger partial charge < -0.3 is 15.0 Å². The number of methoxy groups -OCH3 is 1. The molecule has 5 heteroatoms. The van der Waals surface area contributed by atoms with E-state index in [-0.39, 0.29) is 11.8 Å². The van der Waals surface area contributed by atoms with Crippen molar-refractivity contribution in [3.05, 3.63) is 18.2 Å². The van der Waals surface area contributed by atoms with Gasteiger partial charge in [0, 0.05) is 25.6 Å². The highest BCUT2D eigenvalue weighted by atomic mass is 16.5. The third kappa shape index (κ3) is 3.05. The molecule has 0 bridgehead atoms. The van der Waals surface area contributed by atoms with E-state index in [1.165, 1.54) is 6.92 Å². The molecule has 5 nitrogen and oxygen atoms in total. The van der Waals surface area contributed by atoms with Gasteiger partial charge in [-0.2, -0.15) is 0 Å². The van der Waals surface area contributed by atoms with Gasteiger partial charge in [0.1, 0.15) is 5.75 Å². The lowest BCUT2D eigenvalue weighted by Gasteiger charge is -2.28. The monoisotopic (exact) mass is 262 g/mol. The molecule has 0 saturated carbocycles. The zero-order chi connectivity index (χ0) is 13.8. The van der Waals surface area contributed by atoms with E-state index in [9.17, 15) is 9.59 Å². The Morgan fingerprint density at radius 3 is 2.79 bits per heavy atom. The van der Waals surface area contributed by atoms with Crippen LogP contribution in [-0.4, -0.2) is 25.5 Å². The second-order valence-electron chi connectivity index (χ2n) is 4.57. The standard InChI is InChI=1S/C14H18N2O3/c1-10(17)15-11-6-7-13(19-2)12(9-11)16-8-4-3-5-14(16)18/h6-7,9H,3-5,8H2,1-2H3,(H,15,17). The molecule has 1 aliphatic heterocycles. The Labute approximate surface area is 112 Å². The van der Waals surface area contributed by atoms with Crippen molar-refractivity contribution in [2.24, 2.45) is 0 Å². The molecule has 102 valence electrons. The topological polar surface area (TPSA) is 58.6 Å². The van der Waals surface area contributed by atoms with Crippen molar-refractivity contribution in [1.29, 1.82) is 0 Å². The molecule has 0 aliphatic carbocycles. The Kier molecular flexibility index (Phi) is 4.04. The van der Waals surface area contributed by atoms with Gasteiger partial charge in [-0.3, -0.25) is 9.59 Å². The largest absolute Gasteiger partial charge is 0.495 e. The Morgan fingerprint density at radius 2 is 2.16 bits per heavy atom. The van der Waals surface area contributed by atoms with Crippen molar-refractivity contribution < 1.29 is 14.3 Å². The normalized spacial score (nSPS) is 15.3. The predicted octanol–water partition coefficient (Wildman–Crippen LogP) is 2.17. The lowest BCUT2D eigenvalue weighted by molar-refractivity contribution is -0.119. The quantitative estimate of drug-likeness (QED) is 0.908. The van der Waals surface area contributed by atoms with E-state index in [0.29, 0.717) is 24.4 Å². The van der Waals surface area contributed by atoms with E-state index < -0.39 is 0 Å². The predicted molar refractivity (Wildman–Crippen MR) is 73.5 cm³/mol. The van der Waals surface area contributed by atoms with E-state index in [0.717, 1.165) is 18.5 Å². The molecule has 0 unspecified atom stereocenters. The summed E-state index contributed by atoms with van der Waals surface area (Å²) < 4.78 is 5.30. The van der Waals surface area contributed by atoms with E-state index in [1.807, 2.05) is 0 Å². The minimum Gasteiger partial charge on any atom is -0.495 e. The van der Waals surface area contributed by atoms with E-state index >= 15 is 0 Å². The Balaban J connectivity index is 2.34. The Bertz CT molecular complexity index is 499. The molecule has 19 heavy (non-hydrogen) atoms. The summed E-state index contributed by atoms with van der Waals surface area (Å²) in [7, 11) is 1.57. The zero-order valence-electron chi connectivity index (χ0n) is 11.2. The summed E-state index contributed by atoms with van der Waals surface area (Å²) in [5, 5.41) is 2.72. The molecular formula is C14H18N2O3. The smallest absolute Gasteiger partial charge is 0.227 e. The van der Waals surface area contributed by atoms with Crippen LogP contribution in [0.5, 0.6) is 5.75 Å². The average Bonchev–Trinajstić information content (AvgIpc) is 2.38. The van der Waals surface area contributed by atoms with Crippen LogP contribution in [-0.2, 0) is 9.59 Å². The number of hydrogen-bond donors (Lipinski definition) is 1. The number of ether oxygens (including phenoxy) is 1. The molecule has 1 aromatic rings. The number of benzene rings is 1. The number of carbonyl (C=O) groups excluding carboxylic acids is 2. The molecule has 0 atom stereocenters. The summed E-state index contributed by atoms with van der Waals surface area (Å²) in [4.78, 5) is 24.8. The molecule has 1 heterocycles. The number of hydrogen-bond acceptors (Lipinski definition) is 3. The minimum absolute atomic E-state index is 0.101. The van der Waals surface area contributed by atoms with Crippen LogP contribution in [0, 0.1) is 0 Å². The molecule has 1 saturated heterocycles. The molecule has 0 radical (unpaired) electrons. The number of nitrogens with one attached hydrogen (secondary N) is 1. The fraction of sp³-hybridized carbons (Fsp3) is 0.429. The van der Waals surface area contributed by atoms with Gasteiger partial charge in [0.15, 0.2) is 0 Å². The third-order valence-corrected chi connectivity index (χ3v) is 3.11. The molecule has 2 amide bonds. The maximum atomic E-state index is 12.0. The highest BCUT2D eigenvalue weighted by molar-refractivity contribution is 5.97.